The molecule has 4 rings (SSSR count). The van der Waals surface area contributed by atoms with E-state index in [-0.39, 0.29) is 29.8 Å². The highest BCUT2D eigenvalue weighted by Crippen LogP contribution is 2.40. The Morgan fingerprint density at radius 3 is 2.55 bits per heavy atom. The topological polar surface area (TPSA) is 51.5 Å². The fourth-order valence-corrected chi connectivity index (χ4v) is 6.23. The number of carbonyl (C=O) groups is 2. The van der Waals surface area contributed by atoms with E-state index in [4.69, 9.17) is 4.74 Å². The Labute approximate surface area is 202 Å². The number of ether oxygens (including phenoxy) is 1. The number of benzene rings is 1. The monoisotopic (exact) mass is 468 g/mol. The van der Waals surface area contributed by atoms with Gasteiger partial charge in [-0.15, -0.1) is 0 Å². The summed E-state index contributed by atoms with van der Waals surface area (Å²) in [4.78, 5) is 27.2. The molecular weight excluding hydrogens is 432 g/mol. The standard InChI is InChI=1S/C27H36N2O3S/c1-18(2)32-25(31)17-29-19(3)21(26-22(29)15-27(4,5)16-23(26)30)14-20-10-6-7-11-24(20)33-28-12-8-9-13-28/h6-7,10-11,18H,8-9,12-17H2,1-5H3. The minimum Gasteiger partial charge on any atom is -0.462 e. The second-order valence-electron chi connectivity index (χ2n) is 10.5. The Balaban J connectivity index is 1.72. The molecule has 0 spiro atoms. The largest absolute Gasteiger partial charge is 0.462 e. The van der Waals surface area contributed by atoms with Gasteiger partial charge < -0.3 is 9.30 Å². The van der Waals surface area contributed by atoms with Gasteiger partial charge >= 0.3 is 5.97 Å². The van der Waals surface area contributed by atoms with Crippen molar-refractivity contribution in [1.82, 2.24) is 8.87 Å². The second-order valence-corrected chi connectivity index (χ2v) is 11.6. The molecule has 2 aliphatic rings. The first kappa shape index (κ1) is 24.1. The predicted molar refractivity (Wildman–Crippen MR) is 133 cm³/mol. The van der Waals surface area contributed by atoms with Crippen LogP contribution in [0.2, 0.25) is 0 Å². The number of rotatable bonds is 7. The summed E-state index contributed by atoms with van der Waals surface area (Å²) in [6.07, 6.45) is 4.37. The molecule has 0 amide bonds. The van der Waals surface area contributed by atoms with Crippen molar-refractivity contribution in [1.29, 1.82) is 0 Å². The summed E-state index contributed by atoms with van der Waals surface area (Å²) in [6.45, 7) is 12.4. The van der Waals surface area contributed by atoms with E-state index in [2.05, 4.69) is 42.4 Å². The number of aromatic nitrogens is 1. The Hall–Kier alpha value is -2.05. The first-order chi connectivity index (χ1) is 15.6. The van der Waals surface area contributed by atoms with Gasteiger partial charge in [0.05, 0.1) is 6.10 Å². The molecule has 33 heavy (non-hydrogen) atoms. The molecule has 0 unspecified atom stereocenters. The van der Waals surface area contributed by atoms with Gasteiger partial charge in [-0.3, -0.25) is 9.59 Å². The first-order valence-corrected chi connectivity index (χ1v) is 12.9. The number of nitrogens with zero attached hydrogens (tertiary/aromatic N) is 2. The highest BCUT2D eigenvalue weighted by molar-refractivity contribution is 7.97. The van der Waals surface area contributed by atoms with Gasteiger partial charge in [-0.2, -0.15) is 0 Å². The van der Waals surface area contributed by atoms with Gasteiger partial charge in [0.25, 0.3) is 0 Å². The molecule has 5 nitrogen and oxygen atoms in total. The van der Waals surface area contributed by atoms with Gasteiger partial charge in [0.2, 0.25) is 0 Å². The van der Waals surface area contributed by atoms with Crippen LogP contribution in [-0.4, -0.2) is 39.8 Å². The van der Waals surface area contributed by atoms with Crippen LogP contribution in [0.15, 0.2) is 29.2 Å². The van der Waals surface area contributed by atoms with Crippen molar-refractivity contribution in [3.05, 3.63) is 52.3 Å². The minimum absolute atomic E-state index is 0.116. The first-order valence-electron chi connectivity index (χ1n) is 12.1. The Kier molecular flexibility index (Phi) is 7.06. The van der Waals surface area contributed by atoms with Crippen molar-refractivity contribution in [3.8, 4) is 0 Å². The van der Waals surface area contributed by atoms with Crippen LogP contribution in [-0.2, 0) is 28.9 Å². The summed E-state index contributed by atoms with van der Waals surface area (Å²) < 4.78 is 9.92. The van der Waals surface area contributed by atoms with Crippen molar-refractivity contribution < 1.29 is 14.3 Å². The zero-order chi connectivity index (χ0) is 23.8. The molecule has 2 heterocycles. The molecule has 0 radical (unpaired) electrons. The molecule has 1 saturated heterocycles. The van der Waals surface area contributed by atoms with Crippen molar-refractivity contribution in [2.45, 2.75) is 84.3 Å². The number of Topliss-reactive ketones (excluding diaryl/α,β-unsaturated/α-hetero) is 1. The molecular formula is C27H36N2O3S. The van der Waals surface area contributed by atoms with Crippen molar-refractivity contribution in [2.75, 3.05) is 13.1 Å². The van der Waals surface area contributed by atoms with Crippen LogP contribution in [0, 0.1) is 12.3 Å². The van der Waals surface area contributed by atoms with Crippen LogP contribution in [0.5, 0.6) is 0 Å². The Morgan fingerprint density at radius 2 is 1.85 bits per heavy atom. The second kappa shape index (κ2) is 9.67. The molecule has 6 heteroatoms. The summed E-state index contributed by atoms with van der Waals surface area (Å²) in [5.41, 5.74) is 5.03. The summed E-state index contributed by atoms with van der Waals surface area (Å²) in [5.74, 6) is -0.0572. The third-order valence-electron chi connectivity index (χ3n) is 6.61. The minimum atomic E-state index is -0.252. The van der Waals surface area contributed by atoms with Gasteiger partial charge in [0.15, 0.2) is 5.78 Å². The lowest BCUT2D eigenvalue weighted by Gasteiger charge is -2.30. The zero-order valence-corrected chi connectivity index (χ0v) is 21.4. The predicted octanol–water partition coefficient (Wildman–Crippen LogP) is 5.60. The fraction of sp³-hybridized carbons (Fsp3) is 0.556. The van der Waals surface area contributed by atoms with Crippen molar-refractivity contribution in [3.63, 3.8) is 0 Å². The van der Waals surface area contributed by atoms with Gasteiger partial charge in [0, 0.05) is 47.8 Å². The third kappa shape index (κ3) is 5.38. The van der Waals surface area contributed by atoms with Crippen LogP contribution < -0.4 is 0 Å². The number of ketones is 1. The molecule has 0 saturated carbocycles. The fourth-order valence-electron chi connectivity index (χ4n) is 5.11. The number of esters is 1. The maximum atomic E-state index is 13.4. The summed E-state index contributed by atoms with van der Waals surface area (Å²) in [6, 6.07) is 8.52. The zero-order valence-electron chi connectivity index (χ0n) is 20.6. The molecule has 2 aromatic rings. The lowest BCUT2D eigenvalue weighted by Crippen LogP contribution is -2.29. The summed E-state index contributed by atoms with van der Waals surface area (Å²) in [7, 11) is 0. The number of hydrogen-bond donors (Lipinski definition) is 0. The molecule has 178 valence electrons. The van der Waals surface area contributed by atoms with Gasteiger partial charge in [0.1, 0.15) is 6.54 Å². The van der Waals surface area contributed by atoms with E-state index in [0.717, 1.165) is 42.0 Å². The molecule has 0 bridgehead atoms. The van der Waals surface area contributed by atoms with Crippen LogP contribution in [0.25, 0.3) is 0 Å². The van der Waals surface area contributed by atoms with E-state index >= 15 is 0 Å². The summed E-state index contributed by atoms with van der Waals surface area (Å²) >= 11 is 1.83. The smallest absolute Gasteiger partial charge is 0.326 e. The van der Waals surface area contributed by atoms with Crippen LogP contribution in [0.3, 0.4) is 0 Å². The summed E-state index contributed by atoms with van der Waals surface area (Å²) in [5, 5.41) is 0. The Bertz CT molecular complexity index is 1050. The molecule has 0 atom stereocenters. The van der Waals surface area contributed by atoms with E-state index in [9.17, 15) is 9.59 Å². The average molecular weight is 469 g/mol. The molecule has 0 N–H and O–H groups in total. The quantitative estimate of drug-likeness (QED) is 0.391. The van der Waals surface area contributed by atoms with Crippen LogP contribution >= 0.6 is 11.9 Å². The molecule has 1 aliphatic heterocycles. The number of hydrogen-bond acceptors (Lipinski definition) is 5. The normalized spacial score (nSPS) is 18.1. The van der Waals surface area contributed by atoms with Crippen molar-refractivity contribution in [2.24, 2.45) is 5.41 Å². The Morgan fingerprint density at radius 1 is 1.15 bits per heavy atom. The SMILES string of the molecule is Cc1c(Cc2ccccc2SN2CCCC2)c2c(n1CC(=O)OC(C)C)CC(C)(C)CC2=O. The van der Waals surface area contributed by atoms with E-state index in [1.807, 2.05) is 37.3 Å². The molecule has 1 fully saturated rings. The lowest BCUT2D eigenvalue weighted by atomic mass is 9.75. The lowest BCUT2D eigenvalue weighted by molar-refractivity contribution is -0.148. The maximum Gasteiger partial charge on any atom is 0.326 e. The molecule has 1 aromatic heterocycles. The third-order valence-corrected chi connectivity index (χ3v) is 7.83. The van der Waals surface area contributed by atoms with Crippen LogP contribution in [0.1, 0.15) is 79.8 Å². The van der Waals surface area contributed by atoms with E-state index in [0.29, 0.717) is 12.8 Å². The maximum absolute atomic E-state index is 13.4. The molecule has 1 aromatic carbocycles. The van der Waals surface area contributed by atoms with Crippen LogP contribution in [0.4, 0.5) is 0 Å². The van der Waals surface area contributed by atoms with Gasteiger partial charge in [-0.25, -0.2) is 4.31 Å². The van der Waals surface area contributed by atoms with Gasteiger partial charge in [-0.05, 0) is 74.6 Å². The highest BCUT2D eigenvalue weighted by Gasteiger charge is 2.37. The van der Waals surface area contributed by atoms with Crippen molar-refractivity contribution >= 4 is 23.7 Å². The van der Waals surface area contributed by atoms with E-state index in [1.54, 1.807) is 0 Å². The average Bonchev–Trinajstić information content (AvgIpc) is 3.30. The van der Waals surface area contributed by atoms with Gasteiger partial charge in [-0.1, -0.05) is 32.0 Å². The van der Waals surface area contributed by atoms with E-state index < -0.39 is 0 Å². The highest BCUT2D eigenvalue weighted by atomic mass is 32.2. The van der Waals surface area contributed by atoms with E-state index in [1.165, 1.54) is 23.3 Å². The molecule has 1 aliphatic carbocycles. The number of fused-ring (bicyclic) bond motifs is 1. The number of carbonyl (C=O) groups excluding carboxylic acids is 2.